The van der Waals surface area contributed by atoms with Crippen molar-refractivity contribution in [2.24, 2.45) is 0 Å². The summed E-state index contributed by atoms with van der Waals surface area (Å²) in [6, 6.07) is 38.9. The van der Waals surface area contributed by atoms with Crippen LogP contribution in [-0.4, -0.2) is 24.9 Å². The number of benzene rings is 4. The number of pyridine rings is 3. The lowest BCUT2D eigenvalue weighted by Gasteiger charge is -2.14. The van der Waals surface area contributed by atoms with Crippen LogP contribution in [0.3, 0.4) is 0 Å². The van der Waals surface area contributed by atoms with Crippen molar-refractivity contribution in [3.05, 3.63) is 128 Å². The Morgan fingerprint density at radius 2 is 1.23 bits per heavy atom. The van der Waals surface area contributed by atoms with Crippen LogP contribution >= 0.6 is 0 Å². The Bertz CT molecular complexity index is 2150. The molecule has 5 nitrogen and oxygen atoms in total. The highest BCUT2D eigenvalue weighted by Crippen LogP contribution is 2.38. The molecule has 0 fully saturated rings. The molecule has 0 spiro atoms. The number of fused-ring (bicyclic) bond motifs is 7. The number of nitrogens with zero attached hydrogens (tertiary/aromatic N) is 5. The number of rotatable bonds is 3. The number of hydrogen-bond acceptors (Lipinski definition) is 5. The zero-order valence-electron chi connectivity index (χ0n) is 21.4. The summed E-state index contributed by atoms with van der Waals surface area (Å²) in [7, 11) is 0. The number of para-hydroxylation sites is 1. The molecule has 0 aliphatic rings. The lowest BCUT2D eigenvalue weighted by atomic mass is 9.98. The van der Waals surface area contributed by atoms with Gasteiger partial charge < -0.3 is 0 Å². The van der Waals surface area contributed by atoms with E-state index in [0.717, 1.165) is 71.7 Å². The van der Waals surface area contributed by atoms with Crippen molar-refractivity contribution in [1.29, 1.82) is 0 Å². The summed E-state index contributed by atoms with van der Waals surface area (Å²) >= 11 is 0. The third kappa shape index (κ3) is 3.60. The van der Waals surface area contributed by atoms with E-state index in [-0.39, 0.29) is 0 Å². The van der Waals surface area contributed by atoms with Gasteiger partial charge in [-0.15, -0.1) is 0 Å². The molecule has 4 aromatic carbocycles. The first kappa shape index (κ1) is 22.4. The minimum atomic E-state index is 0.656. The Morgan fingerprint density at radius 1 is 0.475 bits per heavy atom. The molecule has 8 rings (SSSR count). The SMILES string of the molecule is c1ccc(-c2cc(-c3nc4ccccc4c4c3cnc3c4ccc4cccnc43)nc(-c3ccccc3)n2)cc1. The van der Waals surface area contributed by atoms with Crippen LogP contribution in [0.5, 0.6) is 0 Å². The maximum absolute atomic E-state index is 5.17. The predicted molar refractivity (Wildman–Crippen MR) is 162 cm³/mol. The Morgan fingerprint density at radius 3 is 2.08 bits per heavy atom. The van der Waals surface area contributed by atoms with Gasteiger partial charge in [-0.1, -0.05) is 97.1 Å². The van der Waals surface area contributed by atoms with Crippen LogP contribution in [0, 0.1) is 0 Å². The molecule has 0 unspecified atom stereocenters. The topological polar surface area (TPSA) is 64.5 Å². The molecule has 0 atom stereocenters. The number of aromatic nitrogens is 5. The van der Waals surface area contributed by atoms with E-state index in [4.69, 9.17) is 19.9 Å². The lowest BCUT2D eigenvalue weighted by molar-refractivity contribution is 1.17. The molecule has 4 aromatic heterocycles. The molecule has 0 amide bonds. The fraction of sp³-hybridized carbons (Fsp3) is 0. The van der Waals surface area contributed by atoms with E-state index in [1.165, 1.54) is 0 Å². The van der Waals surface area contributed by atoms with Gasteiger partial charge >= 0.3 is 0 Å². The predicted octanol–water partition coefficient (Wildman–Crippen LogP) is 8.28. The second kappa shape index (κ2) is 9.03. The summed E-state index contributed by atoms with van der Waals surface area (Å²) in [5.41, 5.74) is 7.03. The molecule has 0 saturated carbocycles. The Kier molecular flexibility index (Phi) is 5.07. The summed E-state index contributed by atoms with van der Waals surface area (Å²) in [4.78, 5) is 24.8. The van der Waals surface area contributed by atoms with Crippen molar-refractivity contribution in [1.82, 2.24) is 24.9 Å². The van der Waals surface area contributed by atoms with E-state index < -0.39 is 0 Å². The molecule has 0 aliphatic carbocycles. The first-order chi connectivity index (χ1) is 19.8. The molecule has 40 heavy (non-hydrogen) atoms. The summed E-state index contributed by atoms with van der Waals surface area (Å²) in [6.07, 6.45) is 3.74. The molecular weight excluding hydrogens is 490 g/mol. The molecule has 0 radical (unpaired) electrons. The van der Waals surface area contributed by atoms with Gasteiger partial charge in [-0.2, -0.15) is 0 Å². The van der Waals surface area contributed by atoms with Gasteiger partial charge in [0.2, 0.25) is 0 Å². The van der Waals surface area contributed by atoms with Gasteiger partial charge in [-0.25, -0.2) is 15.0 Å². The van der Waals surface area contributed by atoms with Crippen molar-refractivity contribution in [3.63, 3.8) is 0 Å². The fourth-order valence-corrected chi connectivity index (χ4v) is 5.47. The molecule has 0 aliphatic heterocycles. The smallest absolute Gasteiger partial charge is 0.160 e. The molecule has 0 saturated heterocycles. The Balaban J connectivity index is 1.49. The van der Waals surface area contributed by atoms with Crippen LogP contribution in [0.1, 0.15) is 0 Å². The van der Waals surface area contributed by atoms with Crippen LogP contribution in [0.4, 0.5) is 0 Å². The van der Waals surface area contributed by atoms with Crippen LogP contribution in [-0.2, 0) is 0 Å². The van der Waals surface area contributed by atoms with Crippen molar-refractivity contribution < 1.29 is 0 Å². The van der Waals surface area contributed by atoms with Gasteiger partial charge in [-0.3, -0.25) is 9.97 Å². The van der Waals surface area contributed by atoms with Gasteiger partial charge in [0.25, 0.3) is 0 Å². The van der Waals surface area contributed by atoms with E-state index in [1.807, 2.05) is 79.1 Å². The van der Waals surface area contributed by atoms with Crippen molar-refractivity contribution >= 4 is 43.5 Å². The van der Waals surface area contributed by atoms with E-state index in [9.17, 15) is 0 Å². The first-order valence-electron chi connectivity index (χ1n) is 13.2. The quantitative estimate of drug-likeness (QED) is 0.223. The van der Waals surface area contributed by atoms with E-state index >= 15 is 0 Å². The molecule has 186 valence electrons. The zero-order valence-corrected chi connectivity index (χ0v) is 21.4. The zero-order chi connectivity index (χ0) is 26.5. The van der Waals surface area contributed by atoms with Crippen molar-refractivity contribution in [2.45, 2.75) is 0 Å². The standard InChI is InChI=1S/C35H21N5/c1-3-10-22(11-4-1)29-20-30(40-35(39-29)24-12-5-2-6-13-24)33-27-21-37-34-26(18-17-23-14-9-19-36-32(23)34)31(27)25-15-7-8-16-28(25)38-33/h1-21H. The third-order valence-electron chi connectivity index (χ3n) is 7.34. The number of hydrogen-bond donors (Lipinski definition) is 0. The first-order valence-corrected chi connectivity index (χ1v) is 13.2. The molecule has 4 heterocycles. The minimum Gasteiger partial charge on any atom is -0.254 e. The minimum absolute atomic E-state index is 0.656. The normalized spacial score (nSPS) is 11.5. The molecule has 0 bridgehead atoms. The van der Waals surface area contributed by atoms with Gasteiger partial charge in [0.15, 0.2) is 5.82 Å². The average Bonchev–Trinajstić information content (AvgIpc) is 3.04. The van der Waals surface area contributed by atoms with Crippen LogP contribution in [0.25, 0.3) is 77.5 Å². The van der Waals surface area contributed by atoms with Crippen molar-refractivity contribution in [2.75, 3.05) is 0 Å². The van der Waals surface area contributed by atoms with Gasteiger partial charge in [0.05, 0.1) is 33.6 Å². The maximum Gasteiger partial charge on any atom is 0.160 e. The molecule has 8 aromatic rings. The molecule has 0 N–H and O–H groups in total. The highest BCUT2D eigenvalue weighted by atomic mass is 14.9. The van der Waals surface area contributed by atoms with Crippen LogP contribution in [0.2, 0.25) is 0 Å². The second-order valence-electron chi connectivity index (χ2n) is 9.76. The largest absolute Gasteiger partial charge is 0.254 e. The highest BCUT2D eigenvalue weighted by molar-refractivity contribution is 6.24. The summed E-state index contributed by atoms with van der Waals surface area (Å²) in [6.45, 7) is 0. The van der Waals surface area contributed by atoms with Gasteiger partial charge in [0, 0.05) is 50.5 Å². The Hall–Kier alpha value is -5.55. The van der Waals surface area contributed by atoms with E-state index in [0.29, 0.717) is 5.82 Å². The Labute approximate surface area is 229 Å². The highest BCUT2D eigenvalue weighted by Gasteiger charge is 2.18. The van der Waals surface area contributed by atoms with Crippen molar-refractivity contribution in [3.8, 4) is 34.0 Å². The monoisotopic (exact) mass is 511 g/mol. The second-order valence-corrected chi connectivity index (χ2v) is 9.76. The maximum atomic E-state index is 5.17. The van der Waals surface area contributed by atoms with E-state index in [2.05, 4.69) is 53.5 Å². The van der Waals surface area contributed by atoms with Gasteiger partial charge in [0.1, 0.15) is 0 Å². The van der Waals surface area contributed by atoms with Crippen LogP contribution < -0.4 is 0 Å². The average molecular weight is 512 g/mol. The molecular formula is C35H21N5. The summed E-state index contributed by atoms with van der Waals surface area (Å²) in [5, 5.41) is 5.22. The third-order valence-corrected chi connectivity index (χ3v) is 7.34. The van der Waals surface area contributed by atoms with E-state index in [1.54, 1.807) is 0 Å². The summed E-state index contributed by atoms with van der Waals surface area (Å²) < 4.78 is 0. The molecule has 5 heteroatoms. The lowest BCUT2D eigenvalue weighted by Crippen LogP contribution is -1.99. The fourth-order valence-electron chi connectivity index (χ4n) is 5.47. The van der Waals surface area contributed by atoms with Crippen LogP contribution in [0.15, 0.2) is 128 Å². The summed E-state index contributed by atoms with van der Waals surface area (Å²) in [5.74, 6) is 0.656. The van der Waals surface area contributed by atoms with Gasteiger partial charge in [-0.05, 0) is 18.2 Å².